The number of benzene rings is 1. The summed E-state index contributed by atoms with van der Waals surface area (Å²) >= 11 is 0. The van der Waals surface area contributed by atoms with Crippen molar-refractivity contribution in [2.24, 2.45) is 12.8 Å². The lowest BCUT2D eigenvalue weighted by atomic mass is 10.1. The van der Waals surface area contributed by atoms with Crippen LogP contribution in [0.5, 0.6) is 0 Å². The average molecular weight is 316 g/mol. The third-order valence-electron chi connectivity index (χ3n) is 3.73. The van der Waals surface area contributed by atoms with Crippen LogP contribution in [0.1, 0.15) is 11.4 Å². The average Bonchev–Trinajstić information content (AvgIpc) is 3.13. The summed E-state index contributed by atoms with van der Waals surface area (Å²) in [7, 11) is 1.82. The van der Waals surface area contributed by atoms with Crippen molar-refractivity contribution in [1.82, 2.24) is 14.9 Å². The number of imidazole rings is 1. The molecule has 0 aliphatic carbocycles. The summed E-state index contributed by atoms with van der Waals surface area (Å²) in [5.74, 6) is 0.0206. The number of aromatic nitrogens is 2. The van der Waals surface area contributed by atoms with Crippen molar-refractivity contribution in [2.75, 3.05) is 0 Å². The number of nitrogens with one attached hydrogen (secondary N) is 1. The van der Waals surface area contributed by atoms with Gasteiger partial charge in [-0.25, -0.2) is 9.37 Å². The minimum atomic E-state index is -0.667. The van der Waals surface area contributed by atoms with Crippen molar-refractivity contribution in [2.45, 2.75) is 19.0 Å². The van der Waals surface area contributed by atoms with Gasteiger partial charge < -0.3 is 20.0 Å². The van der Waals surface area contributed by atoms with Crippen molar-refractivity contribution in [3.8, 4) is 0 Å². The van der Waals surface area contributed by atoms with Gasteiger partial charge in [0.25, 0.3) is 0 Å². The van der Waals surface area contributed by atoms with E-state index in [0.717, 1.165) is 11.1 Å². The number of carbonyl (C=O) groups is 1. The second-order valence-corrected chi connectivity index (χ2v) is 5.38. The van der Waals surface area contributed by atoms with Crippen LogP contribution in [-0.4, -0.2) is 21.5 Å². The lowest BCUT2D eigenvalue weighted by molar-refractivity contribution is -0.122. The molecule has 1 atom stereocenters. The van der Waals surface area contributed by atoms with E-state index in [4.69, 9.17) is 10.2 Å². The van der Waals surface area contributed by atoms with Gasteiger partial charge in [-0.05, 0) is 30.2 Å². The van der Waals surface area contributed by atoms with Crippen LogP contribution in [-0.2, 0) is 24.8 Å². The smallest absolute Gasteiger partial charge is 0.237 e. The Hall–Kier alpha value is -2.67. The van der Waals surface area contributed by atoms with E-state index in [9.17, 15) is 9.18 Å². The molecular formula is C16H17FN4O2. The maximum atomic E-state index is 13.2. The Labute approximate surface area is 132 Å². The van der Waals surface area contributed by atoms with Crippen LogP contribution < -0.4 is 11.1 Å². The van der Waals surface area contributed by atoms with Crippen LogP contribution >= 0.6 is 0 Å². The molecule has 120 valence electrons. The Balaban J connectivity index is 1.65. The Kier molecular flexibility index (Phi) is 4.12. The van der Waals surface area contributed by atoms with Gasteiger partial charge in [0.2, 0.25) is 5.91 Å². The molecule has 2 heterocycles. The highest BCUT2D eigenvalue weighted by atomic mass is 19.1. The number of carbonyl (C=O) groups excluding carboxylic acids is 1. The SMILES string of the molecule is Cn1c(CNC(=O)C(N)Cc2ccoc2)nc2cc(F)ccc21. The highest BCUT2D eigenvalue weighted by Crippen LogP contribution is 2.16. The number of aryl methyl sites for hydroxylation is 1. The van der Waals surface area contributed by atoms with Gasteiger partial charge in [-0.2, -0.15) is 0 Å². The third kappa shape index (κ3) is 3.24. The second-order valence-electron chi connectivity index (χ2n) is 5.38. The normalized spacial score (nSPS) is 12.5. The number of amides is 1. The minimum Gasteiger partial charge on any atom is -0.472 e. The lowest BCUT2D eigenvalue weighted by Crippen LogP contribution is -2.41. The molecule has 0 bridgehead atoms. The summed E-state index contributed by atoms with van der Waals surface area (Å²) in [6.45, 7) is 0.227. The van der Waals surface area contributed by atoms with Crippen molar-refractivity contribution in [3.63, 3.8) is 0 Å². The number of furan rings is 1. The number of hydrogen-bond acceptors (Lipinski definition) is 4. The van der Waals surface area contributed by atoms with Crippen LogP contribution in [0.15, 0.2) is 41.2 Å². The van der Waals surface area contributed by atoms with Crippen molar-refractivity contribution < 1.29 is 13.6 Å². The van der Waals surface area contributed by atoms with Gasteiger partial charge in [0.1, 0.15) is 11.6 Å². The molecule has 23 heavy (non-hydrogen) atoms. The van der Waals surface area contributed by atoms with E-state index in [1.807, 2.05) is 11.6 Å². The Morgan fingerprint density at radius 3 is 3.04 bits per heavy atom. The molecule has 1 aromatic carbocycles. The van der Waals surface area contributed by atoms with Crippen LogP contribution in [0.4, 0.5) is 4.39 Å². The van der Waals surface area contributed by atoms with E-state index in [2.05, 4.69) is 10.3 Å². The summed E-state index contributed by atoms with van der Waals surface area (Å²) in [6, 6.07) is 5.51. The zero-order valence-corrected chi connectivity index (χ0v) is 12.6. The summed E-state index contributed by atoms with van der Waals surface area (Å²) < 4.78 is 20.0. The molecule has 3 aromatic rings. The molecule has 0 fully saturated rings. The lowest BCUT2D eigenvalue weighted by Gasteiger charge is -2.11. The summed E-state index contributed by atoms with van der Waals surface area (Å²) in [5.41, 5.74) is 8.10. The van der Waals surface area contributed by atoms with Crippen molar-refractivity contribution in [1.29, 1.82) is 0 Å². The number of fused-ring (bicyclic) bond motifs is 1. The first-order chi connectivity index (χ1) is 11.0. The van der Waals surface area contributed by atoms with Crippen LogP contribution in [0.25, 0.3) is 11.0 Å². The first-order valence-corrected chi connectivity index (χ1v) is 7.20. The molecule has 0 saturated carbocycles. The van der Waals surface area contributed by atoms with Gasteiger partial charge in [0.05, 0.1) is 36.1 Å². The molecule has 1 amide bonds. The van der Waals surface area contributed by atoms with Gasteiger partial charge >= 0.3 is 0 Å². The van der Waals surface area contributed by atoms with E-state index in [-0.39, 0.29) is 18.3 Å². The maximum Gasteiger partial charge on any atom is 0.237 e. The van der Waals surface area contributed by atoms with E-state index < -0.39 is 6.04 Å². The first kappa shape index (κ1) is 15.2. The zero-order chi connectivity index (χ0) is 16.4. The van der Waals surface area contributed by atoms with Crippen LogP contribution in [0.2, 0.25) is 0 Å². The summed E-state index contributed by atoms with van der Waals surface area (Å²) in [4.78, 5) is 16.4. The largest absolute Gasteiger partial charge is 0.472 e. The Morgan fingerprint density at radius 2 is 2.30 bits per heavy atom. The molecule has 3 rings (SSSR count). The molecule has 6 nitrogen and oxygen atoms in total. The van der Waals surface area contributed by atoms with E-state index >= 15 is 0 Å². The molecular weight excluding hydrogens is 299 g/mol. The highest BCUT2D eigenvalue weighted by Gasteiger charge is 2.16. The van der Waals surface area contributed by atoms with Gasteiger partial charge in [0, 0.05) is 13.1 Å². The van der Waals surface area contributed by atoms with E-state index in [0.29, 0.717) is 17.8 Å². The van der Waals surface area contributed by atoms with Crippen molar-refractivity contribution >= 4 is 16.9 Å². The Morgan fingerprint density at radius 1 is 1.48 bits per heavy atom. The van der Waals surface area contributed by atoms with Crippen molar-refractivity contribution in [3.05, 3.63) is 54.0 Å². The molecule has 1 unspecified atom stereocenters. The molecule has 0 spiro atoms. The molecule has 0 saturated heterocycles. The molecule has 3 N–H and O–H groups in total. The quantitative estimate of drug-likeness (QED) is 0.747. The minimum absolute atomic E-state index is 0.227. The van der Waals surface area contributed by atoms with Gasteiger partial charge in [-0.1, -0.05) is 0 Å². The predicted octanol–water partition coefficient (Wildman–Crippen LogP) is 1.49. The summed E-state index contributed by atoms with van der Waals surface area (Å²) in [5, 5.41) is 2.76. The van der Waals surface area contributed by atoms with Gasteiger partial charge in [-0.15, -0.1) is 0 Å². The second kappa shape index (κ2) is 6.21. The van der Waals surface area contributed by atoms with Crippen LogP contribution in [0, 0.1) is 5.82 Å². The molecule has 2 aromatic heterocycles. The number of rotatable bonds is 5. The van der Waals surface area contributed by atoms with E-state index in [1.165, 1.54) is 12.1 Å². The van der Waals surface area contributed by atoms with E-state index in [1.54, 1.807) is 24.7 Å². The number of halogens is 1. The zero-order valence-electron chi connectivity index (χ0n) is 12.6. The number of hydrogen-bond donors (Lipinski definition) is 2. The fraction of sp³-hybridized carbons (Fsp3) is 0.250. The molecule has 0 aliphatic rings. The summed E-state index contributed by atoms with van der Waals surface area (Å²) in [6.07, 6.45) is 3.50. The topological polar surface area (TPSA) is 86.1 Å². The fourth-order valence-electron chi connectivity index (χ4n) is 2.43. The first-order valence-electron chi connectivity index (χ1n) is 7.20. The number of nitrogens with two attached hydrogens (primary N) is 1. The molecule has 0 radical (unpaired) electrons. The fourth-order valence-corrected chi connectivity index (χ4v) is 2.43. The molecule has 7 heteroatoms. The highest BCUT2D eigenvalue weighted by molar-refractivity contribution is 5.82. The molecule has 0 aliphatic heterocycles. The maximum absolute atomic E-state index is 13.2. The monoisotopic (exact) mass is 316 g/mol. The van der Waals surface area contributed by atoms with Crippen LogP contribution in [0.3, 0.4) is 0 Å². The van der Waals surface area contributed by atoms with Gasteiger partial charge in [0.15, 0.2) is 0 Å². The Bertz CT molecular complexity index is 826. The standard InChI is InChI=1S/C16H17FN4O2/c1-21-14-3-2-11(17)7-13(14)20-15(21)8-19-16(22)12(18)6-10-4-5-23-9-10/h2-5,7,9,12H,6,8,18H2,1H3,(H,19,22). The predicted molar refractivity (Wildman–Crippen MR) is 82.9 cm³/mol. The third-order valence-corrected chi connectivity index (χ3v) is 3.73. The van der Waals surface area contributed by atoms with Gasteiger partial charge in [-0.3, -0.25) is 4.79 Å². The number of nitrogens with zero attached hydrogens (tertiary/aromatic N) is 2.